The van der Waals surface area contributed by atoms with Crippen LogP contribution in [0.25, 0.3) is 0 Å². The summed E-state index contributed by atoms with van der Waals surface area (Å²) in [7, 11) is 0. The summed E-state index contributed by atoms with van der Waals surface area (Å²) in [6.45, 7) is 5.35. The maximum atomic E-state index is 14.8. The van der Waals surface area contributed by atoms with Gasteiger partial charge in [-0.1, -0.05) is 37.6 Å². The number of thiophene rings is 1. The summed E-state index contributed by atoms with van der Waals surface area (Å²) < 4.78 is 14.8. The molecule has 2 unspecified atom stereocenters. The van der Waals surface area contributed by atoms with Crippen LogP contribution >= 0.6 is 11.3 Å². The molecule has 0 saturated carbocycles. The predicted octanol–water partition coefficient (Wildman–Crippen LogP) is 4.05. The summed E-state index contributed by atoms with van der Waals surface area (Å²) in [5, 5.41) is 11.7. The van der Waals surface area contributed by atoms with Gasteiger partial charge in [0.25, 0.3) is 0 Å². The first-order valence-electron chi connectivity index (χ1n) is 9.17. The Bertz CT molecular complexity index is 958. The topological polar surface area (TPSA) is 91.3 Å². The summed E-state index contributed by atoms with van der Waals surface area (Å²) in [5.74, 6) is -0.867. The van der Waals surface area contributed by atoms with Crippen molar-refractivity contribution < 1.29 is 9.18 Å². The van der Waals surface area contributed by atoms with E-state index in [-0.39, 0.29) is 11.9 Å². The number of hydrogen-bond acceptors (Lipinski definition) is 5. The first kappa shape index (κ1) is 20.0. The average Bonchev–Trinajstić information content (AvgIpc) is 3.11. The lowest BCUT2D eigenvalue weighted by molar-refractivity contribution is -0.123. The van der Waals surface area contributed by atoms with E-state index in [1.165, 1.54) is 11.3 Å². The number of halogens is 1. The van der Waals surface area contributed by atoms with E-state index >= 15 is 0 Å². The lowest BCUT2D eigenvalue weighted by Gasteiger charge is -2.36. The number of amides is 1. The SMILES string of the molecule is CCCC(C)(F)c1ccc(C2C(=O)NC(N)=N[C@]2(C)c2ccc(C#N)s2)cc1. The van der Waals surface area contributed by atoms with Gasteiger partial charge in [-0.05, 0) is 43.5 Å². The molecular weight excluding hydrogens is 375 g/mol. The third-order valence-corrected chi connectivity index (χ3v) is 6.43. The molecule has 0 aliphatic carbocycles. The third-order valence-electron chi connectivity index (χ3n) is 5.21. The van der Waals surface area contributed by atoms with Gasteiger partial charge in [-0.15, -0.1) is 11.3 Å². The second-order valence-electron chi connectivity index (χ2n) is 7.41. The summed E-state index contributed by atoms with van der Waals surface area (Å²) >= 11 is 1.29. The van der Waals surface area contributed by atoms with Crippen molar-refractivity contribution in [1.82, 2.24) is 5.32 Å². The Morgan fingerprint density at radius 2 is 2.04 bits per heavy atom. The Labute approximate surface area is 168 Å². The van der Waals surface area contributed by atoms with Crippen LogP contribution in [0.4, 0.5) is 4.39 Å². The first-order chi connectivity index (χ1) is 13.2. The molecule has 0 fully saturated rings. The molecule has 1 amide bonds. The minimum absolute atomic E-state index is 0.0477. The minimum Gasteiger partial charge on any atom is -0.370 e. The Morgan fingerprint density at radius 1 is 1.36 bits per heavy atom. The van der Waals surface area contributed by atoms with Gasteiger partial charge in [-0.25, -0.2) is 9.38 Å². The fourth-order valence-electron chi connectivity index (χ4n) is 3.78. The molecule has 0 radical (unpaired) electrons. The number of hydrogen-bond donors (Lipinski definition) is 2. The average molecular weight is 399 g/mol. The molecule has 0 saturated heterocycles. The van der Waals surface area contributed by atoms with Crippen molar-refractivity contribution in [2.45, 2.75) is 50.7 Å². The van der Waals surface area contributed by atoms with Gasteiger partial charge >= 0.3 is 0 Å². The maximum Gasteiger partial charge on any atom is 0.237 e. The molecule has 1 aliphatic rings. The predicted molar refractivity (Wildman–Crippen MR) is 109 cm³/mol. The number of nitrogens with zero attached hydrogens (tertiary/aromatic N) is 2. The number of carbonyl (C=O) groups excluding carboxylic acids is 1. The molecule has 0 bridgehead atoms. The van der Waals surface area contributed by atoms with Crippen LogP contribution in [0.15, 0.2) is 41.4 Å². The highest BCUT2D eigenvalue weighted by molar-refractivity contribution is 7.12. The van der Waals surface area contributed by atoms with Crippen molar-refractivity contribution in [3.63, 3.8) is 0 Å². The molecule has 0 spiro atoms. The number of carbonyl (C=O) groups is 1. The zero-order valence-electron chi connectivity index (χ0n) is 16.1. The van der Waals surface area contributed by atoms with Crippen LogP contribution in [0.2, 0.25) is 0 Å². The van der Waals surface area contributed by atoms with Gasteiger partial charge in [-0.3, -0.25) is 10.1 Å². The molecule has 3 atom stereocenters. The van der Waals surface area contributed by atoms with E-state index < -0.39 is 17.1 Å². The number of guanidine groups is 1. The Morgan fingerprint density at radius 3 is 2.61 bits per heavy atom. The molecule has 1 aliphatic heterocycles. The Balaban J connectivity index is 2.05. The lowest BCUT2D eigenvalue weighted by Crippen LogP contribution is -2.51. The van der Waals surface area contributed by atoms with Gasteiger partial charge in [-0.2, -0.15) is 5.26 Å². The van der Waals surface area contributed by atoms with Gasteiger partial charge < -0.3 is 5.73 Å². The van der Waals surface area contributed by atoms with E-state index in [1.807, 2.05) is 13.8 Å². The standard InChI is InChI=1S/C21H23FN4OS/c1-4-11-20(2,22)14-7-5-13(6-8-14)17-18(27)25-19(24)26-21(17,3)16-10-9-15(12-23)28-16/h5-10,17H,4,11H2,1-3H3,(H3,24,25,26,27)/t17?,20?,21-/m1/s1. The van der Waals surface area contributed by atoms with Crippen LogP contribution in [0, 0.1) is 11.3 Å². The van der Waals surface area contributed by atoms with Gasteiger partial charge in [0, 0.05) is 4.88 Å². The van der Waals surface area contributed by atoms with Crippen molar-refractivity contribution >= 4 is 23.2 Å². The number of rotatable bonds is 5. The van der Waals surface area contributed by atoms with E-state index in [0.717, 1.165) is 16.9 Å². The highest BCUT2D eigenvalue weighted by Crippen LogP contribution is 2.45. The number of aliphatic imine (C=N–C) groups is 1. The fraction of sp³-hybridized carbons (Fsp3) is 0.381. The quantitative estimate of drug-likeness (QED) is 0.796. The first-order valence-corrected chi connectivity index (χ1v) is 9.99. The molecule has 7 heteroatoms. The van der Waals surface area contributed by atoms with Crippen molar-refractivity contribution in [1.29, 1.82) is 5.26 Å². The lowest BCUT2D eigenvalue weighted by atomic mass is 9.77. The van der Waals surface area contributed by atoms with Crippen LogP contribution in [-0.2, 0) is 16.0 Å². The van der Waals surface area contributed by atoms with E-state index in [9.17, 15) is 9.18 Å². The third kappa shape index (κ3) is 3.52. The molecule has 5 nitrogen and oxygen atoms in total. The Kier molecular flexibility index (Phi) is 5.26. The van der Waals surface area contributed by atoms with E-state index in [4.69, 9.17) is 11.0 Å². The molecule has 1 aromatic heterocycles. The maximum absolute atomic E-state index is 14.8. The largest absolute Gasteiger partial charge is 0.370 e. The number of benzene rings is 1. The molecule has 2 aromatic rings. The summed E-state index contributed by atoms with van der Waals surface area (Å²) in [4.78, 5) is 18.7. The number of alkyl halides is 1. The number of nitrogens with one attached hydrogen (secondary N) is 1. The highest BCUT2D eigenvalue weighted by atomic mass is 32.1. The van der Waals surface area contributed by atoms with Crippen molar-refractivity contribution in [3.8, 4) is 6.07 Å². The molecule has 2 heterocycles. The second kappa shape index (κ2) is 7.36. The van der Waals surface area contributed by atoms with Gasteiger partial charge in [0.1, 0.15) is 22.2 Å². The zero-order chi connectivity index (χ0) is 20.5. The highest BCUT2D eigenvalue weighted by Gasteiger charge is 2.46. The number of nitrogens with two attached hydrogens (primary N) is 1. The van der Waals surface area contributed by atoms with Crippen molar-refractivity contribution in [2.24, 2.45) is 10.7 Å². The molecule has 1 aromatic carbocycles. The van der Waals surface area contributed by atoms with Gasteiger partial charge in [0.2, 0.25) is 5.91 Å². The van der Waals surface area contributed by atoms with Crippen LogP contribution in [0.3, 0.4) is 0 Å². The van der Waals surface area contributed by atoms with Crippen LogP contribution in [-0.4, -0.2) is 11.9 Å². The van der Waals surface area contributed by atoms with Gasteiger partial charge in [0.05, 0.1) is 5.92 Å². The normalized spacial score (nSPS) is 24.0. The van der Waals surface area contributed by atoms with E-state index in [1.54, 1.807) is 43.3 Å². The molecule has 28 heavy (non-hydrogen) atoms. The smallest absolute Gasteiger partial charge is 0.237 e. The van der Waals surface area contributed by atoms with Crippen molar-refractivity contribution in [3.05, 3.63) is 57.3 Å². The Hall–Kier alpha value is -2.72. The molecule has 146 valence electrons. The van der Waals surface area contributed by atoms with Crippen LogP contribution in [0.1, 0.15) is 60.4 Å². The molecular formula is C21H23FN4OS. The monoisotopic (exact) mass is 398 g/mol. The summed E-state index contributed by atoms with van der Waals surface area (Å²) in [5.41, 5.74) is 4.79. The van der Waals surface area contributed by atoms with E-state index in [2.05, 4.69) is 16.4 Å². The number of nitriles is 1. The van der Waals surface area contributed by atoms with Crippen LogP contribution < -0.4 is 11.1 Å². The van der Waals surface area contributed by atoms with E-state index in [0.29, 0.717) is 16.9 Å². The second-order valence-corrected chi connectivity index (χ2v) is 8.50. The molecule has 3 N–H and O–H groups in total. The van der Waals surface area contributed by atoms with Crippen molar-refractivity contribution in [2.75, 3.05) is 0 Å². The summed E-state index contributed by atoms with van der Waals surface area (Å²) in [6, 6.07) is 12.7. The van der Waals surface area contributed by atoms with Gasteiger partial charge in [0.15, 0.2) is 5.96 Å². The fourth-order valence-corrected chi connectivity index (χ4v) is 4.70. The van der Waals surface area contributed by atoms with Crippen LogP contribution in [0.5, 0.6) is 0 Å². The minimum atomic E-state index is -1.41. The summed E-state index contributed by atoms with van der Waals surface area (Å²) in [6.07, 6.45) is 1.17. The zero-order valence-corrected chi connectivity index (χ0v) is 16.9. The molecule has 3 rings (SSSR count).